The normalized spacial score (nSPS) is 21.6. The van der Waals surface area contributed by atoms with Crippen molar-refractivity contribution in [3.63, 3.8) is 0 Å². The zero-order chi connectivity index (χ0) is 14.7. The smallest absolute Gasteiger partial charge is 0.174 e. The molecule has 0 saturated carbocycles. The Morgan fingerprint density at radius 2 is 1.52 bits per heavy atom. The average molecular weight is 318 g/mol. The van der Waals surface area contributed by atoms with Crippen molar-refractivity contribution in [2.75, 3.05) is 0 Å². The molecule has 2 aromatic carbocycles. The minimum atomic E-state index is -0.812. The molecule has 0 radical (unpaired) electrons. The van der Waals surface area contributed by atoms with Crippen LogP contribution in [0.25, 0.3) is 0 Å². The van der Waals surface area contributed by atoms with E-state index in [2.05, 4.69) is 24.3 Å². The highest BCUT2D eigenvalue weighted by molar-refractivity contribution is 8.05. The van der Waals surface area contributed by atoms with Gasteiger partial charge in [0.15, 0.2) is 5.06 Å². The Kier molecular flexibility index (Phi) is 4.36. The fraction of sp³-hybridized carbons (Fsp3) is 0.176. The maximum atomic E-state index is 6.33. The quantitative estimate of drug-likeness (QED) is 0.835. The molecular weight excluding hydrogens is 302 g/mol. The summed E-state index contributed by atoms with van der Waals surface area (Å²) in [4.78, 5) is 0. The number of halogens is 1. The minimum absolute atomic E-state index is 0.208. The Labute approximate surface area is 133 Å². The van der Waals surface area contributed by atoms with Gasteiger partial charge in [0, 0.05) is 6.42 Å². The summed E-state index contributed by atoms with van der Waals surface area (Å²) < 4.78 is 6.94. The zero-order valence-corrected chi connectivity index (χ0v) is 13.0. The lowest BCUT2D eigenvalue weighted by Gasteiger charge is -2.30. The van der Waals surface area contributed by atoms with Gasteiger partial charge in [0.05, 0.1) is 4.36 Å². The molecular formula is C17H16ClNOS. The van der Waals surface area contributed by atoms with Gasteiger partial charge in [-0.25, -0.2) is 0 Å². The van der Waals surface area contributed by atoms with Crippen LogP contribution in [0.2, 0.25) is 0 Å². The fourth-order valence-corrected chi connectivity index (χ4v) is 3.60. The highest BCUT2D eigenvalue weighted by Gasteiger charge is 2.35. The fourth-order valence-electron chi connectivity index (χ4n) is 2.33. The lowest BCUT2D eigenvalue weighted by atomic mass is 10.0. The maximum absolute atomic E-state index is 6.33. The largest absolute Gasteiger partial charge is 0.338 e. The van der Waals surface area contributed by atoms with Crippen molar-refractivity contribution in [1.82, 2.24) is 0 Å². The van der Waals surface area contributed by atoms with Crippen LogP contribution in [-0.4, -0.2) is 5.06 Å². The molecule has 2 nitrogen and oxygen atoms in total. The number of hydrogen-bond acceptors (Lipinski definition) is 3. The first kappa shape index (κ1) is 14.7. The monoisotopic (exact) mass is 317 g/mol. The first-order chi connectivity index (χ1) is 10.2. The van der Waals surface area contributed by atoms with Gasteiger partial charge in [-0.1, -0.05) is 90.1 Å². The topological polar surface area (TPSA) is 35.2 Å². The first-order valence-corrected chi connectivity index (χ1v) is 7.97. The lowest BCUT2D eigenvalue weighted by molar-refractivity contribution is -0.00915. The molecule has 2 N–H and O–H groups in total. The molecule has 0 aromatic heterocycles. The first-order valence-electron chi connectivity index (χ1n) is 6.77. The van der Waals surface area contributed by atoms with Crippen LogP contribution in [-0.2, 0) is 4.74 Å². The summed E-state index contributed by atoms with van der Waals surface area (Å²) in [7, 11) is 0. The van der Waals surface area contributed by atoms with E-state index in [9.17, 15) is 0 Å². The van der Waals surface area contributed by atoms with Crippen LogP contribution in [0.1, 0.15) is 23.7 Å². The van der Waals surface area contributed by atoms with Gasteiger partial charge in [0.25, 0.3) is 0 Å². The van der Waals surface area contributed by atoms with Crippen molar-refractivity contribution in [1.29, 1.82) is 0 Å². The molecule has 108 valence electrons. The molecule has 4 heteroatoms. The van der Waals surface area contributed by atoms with Gasteiger partial charge in [0.1, 0.15) is 6.10 Å². The number of nitrogens with two attached hydrogens (primary N) is 1. The molecule has 1 heterocycles. The Bertz CT molecular complexity index is 592. The van der Waals surface area contributed by atoms with Gasteiger partial charge in [-0.2, -0.15) is 0 Å². The van der Waals surface area contributed by atoms with Crippen LogP contribution < -0.4 is 5.73 Å². The van der Waals surface area contributed by atoms with E-state index in [1.165, 1.54) is 11.8 Å². The molecule has 0 spiro atoms. The minimum Gasteiger partial charge on any atom is -0.338 e. The third-order valence-electron chi connectivity index (χ3n) is 3.34. The highest BCUT2D eigenvalue weighted by Crippen LogP contribution is 2.44. The van der Waals surface area contributed by atoms with E-state index in [4.69, 9.17) is 22.1 Å². The van der Waals surface area contributed by atoms with Gasteiger partial charge < -0.3 is 4.74 Å². The van der Waals surface area contributed by atoms with Gasteiger partial charge >= 0.3 is 0 Å². The van der Waals surface area contributed by atoms with Crippen molar-refractivity contribution in [2.45, 2.75) is 17.6 Å². The molecule has 1 aliphatic heterocycles. The van der Waals surface area contributed by atoms with E-state index in [0.29, 0.717) is 10.8 Å². The number of rotatable bonds is 4. The van der Waals surface area contributed by atoms with Crippen LogP contribution in [0, 0.1) is 0 Å². The second-order valence-electron chi connectivity index (χ2n) is 4.95. The molecule has 0 amide bonds. The summed E-state index contributed by atoms with van der Waals surface area (Å²) in [6, 6.07) is 20.2. The lowest BCUT2D eigenvalue weighted by Crippen LogP contribution is -2.38. The predicted octanol–water partition coefficient (Wildman–Crippen LogP) is 4.62. The summed E-state index contributed by atoms with van der Waals surface area (Å²) in [6.07, 6.45) is 2.30. The molecule has 1 aliphatic rings. The number of thioether (sulfide) groups is 1. The number of benzene rings is 2. The Hall–Kier alpha value is -1.26. The van der Waals surface area contributed by atoms with Crippen LogP contribution in [0.15, 0.2) is 71.1 Å². The van der Waals surface area contributed by atoms with Crippen LogP contribution >= 0.6 is 23.4 Å². The maximum Gasteiger partial charge on any atom is 0.174 e. The molecule has 0 fully saturated rings. The van der Waals surface area contributed by atoms with Crippen LogP contribution in [0.5, 0.6) is 0 Å². The number of ether oxygens (including phenoxy) is 1. The van der Waals surface area contributed by atoms with Gasteiger partial charge in [0.2, 0.25) is 0 Å². The summed E-state index contributed by atoms with van der Waals surface area (Å²) in [5, 5.41) is -0.812. The van der Waals surface area contributed by atoms with Gasteiger partial charge in [-0.05, 0) is 11.1 Å². The molecule has 1 atom stereocenters. The molecule has 21 heavy (non-hydrogen) atoms. The molecule has 1 unspecified atom stereocenters. The highest BCUT2D eigenvalue weighted by atomic mass is 35.5. The Morgan fingerprint density at radius 1 is 1.00 bits per heavy atom. The van der Waals surface area contributed by atoms with Gasteiger partial charge in [-0.3, -0.25) is 5.73 Å². The van der Waals surface area contributed by atoms with Gasteiger partial charge in [-0.15, -0.1) is 0 Å². The van der Waals surface area contributed by atoms with E-state index < -0.39 is 5.06 Å². The Morgan fingerprint density at radius 3 is 1.95 bits per heavy atom. The van der Waals surface area contributed by atoms with E-state index in [1.54, 1.807) is 0 Å². The summed E-state index contributed by atoms with van der Waals surface area (Å²) in [5.41, 5.74) is 8.49. The van der Waals surface area contributed by atoms with Crippen molar-refractivity contribution < 1.29 is 4.74 Å². The number of hydrogen-bond donors (Lipinski definition) is 1. The predicted molar refractivity (Wildman–Crippen MR) is 88.9 cm³/mol. The molecule has 3 rings (SSSR count). The van der Waals surface area contributed by atoms with Crippen molar-refractivity contribution >= 4 is 23.4 Å². The summed E-state index contributed by atoms with van der Waals surface area (Å²) in [6.45, 7) is 0. The Balaban J connectivity index is 1.91. The van der Waals surface area contributed by atoms with Crippen LogP contribution in [0.3, 0.4) is 0 Å². The van der Waals surface area contributed by atoms with Crippen molar-refractivity contribution in [2.24, 2.45) is 5.73 Å². The second-order valence-corrected chi connectivity index (χ2v) is 6.91. The molecule has 2 aromatic rings. The second kappa shape index (κ2) is 6.24. The van der Waals surface area contributed by atoms with Crippen molar-refractivity contribution in [3.05, 3.63) is 82.2 Å². The molecule has 0 bridgehead atoms. The van der Waals surface area contributed by atoms with E-state index in [1.807, 2.05) is 42.5 Å². The van der Waals surface area contributed by atoms with E-state index >= 15 is 0 Å². The summed E-state index contributed by atoms with van der Waals surface area (Å²) in [5.74, 6) is 0. The standard InChI is InChI=1S/C17H16ClNOS/c18-15-11-12-17(19,21-15)20-16(13-7-3-1-4-8-13)14-9-5-2-6-10-14/h1-11,16H,12,19H2. The third-order valence-corrected chi connectivity index (χ3v) is 4.70. The van der Waals surface area contributed by atoms with E-state index in [0.717, 1.165) is 11.1 Å². The van der Waals surface area contributed by atoms with Crippen molar-refractivity contribution in [3.8, 4) is 0 Å². The average Bonchev–Trinajstić information content (AvgIpc) is 2.86. The molecule has 0 saturated heterocycles. The molecule has 0 aliphatic carbocycles. The zero-order valence-electron chi connectivity index (χ0n) is 11.4. The third kappa shape index (κ3) is 3.50. The van der Waals surface area contributed by atoms with Crippen LogP contribution in [0.4, 0.5) is 0 Å². The SMILES string of the molecule is NC1(OC(c2ccccc2)c2ccccc2)CC=C(Cl)S1. The summed E-state index contributed by atoms with van der Waals surface area (Å²) >= 11 is 7.40. The van der Waals surface area contributed by atoms with E-state index in [-0.39, 0.29) is 6.10 Å².